The largest absolute Gasteiger partial charge is 0.443 e. The SMILES string of the molecule is CO[C@H]1[C@H](C(C)(C)OCC=C(C)C)[C@]2(CC[C@H]1OC(=O)N1CC(OC(=O)N3CCOCC3)C1)CO2. The maximum Gasteiger partial charge on any atom is 0.410 e. The molecule has 3 heterocycles. The summed E-state index contributed by atoms with van der Waals surface area (Å²) in [5.41, 5.74) is 0.359. The minimum Gasteiger partial charge on any atom is -0.443 e. The number of amides is 2. The molecular formula is C25H40N2O8. The molecule has 4 aliphatic rings. The molecule has 4 rings (SSSR count). The monoisotopic (exact) mass is 496 g/mol. The quantitative estimate of drug-likeness (QED) is 0.392. The van der Waals surface area contributed by atoms with Crippen molar-refractivity contribution in [3.05, 3.63) is 11.6 Å². The Morgan fingerprint density at radius 1 is 1.09 bits per heavy atom. The van der Waals surface area contributed by atoms with Crippen LogP contribution < -0.4 is 0 Å². The first-order valence-electron chi connectivity index (χ1n) is 12.6. The zero-order valence-electron chi connectivity index (χ0n) is 21.6. The van der Waals surface area contributed by atoms with E-state index in [-0.39, 0.29) is 29.8 Å². The van der Waals surface area contributed by atoms with E-state index in [9.17, 15) is 9.59 Å². The van der Waals surface area contributed by atoms with Crippen molar-refractivity contribution in [1.82, 2.24) is 9.80 Å². The number of allylic oxidation sites excluding steroid dienone is 1. The summed E-state index contributed by atoms with van der Waals surface area (Å²) in [5.74, 6) is -0.0873. The fraction of sp³-hybridized carbons (Fsp3) is 0.840. The van der Waals surface area contributed by atoms with Crippen LogP contribution in [0.2, 0.25) is 0 Å². The Labute approximate surface area is 207 Å². The second-order valence-corrected chi connectivity index (χ2v) is 10.7. The van der Waals surface area contributed by atoms with Crippen LogP contribution in [-0.2, 0) is 28.4 Å². The molecule has 1 aliphatic carbocycles. The number of hydrogen-bond donors (Lipinski definition) is 0. The van der Waals surface area contributed by atoms with Crippen LogP contribution in [0.4, 0.5) is 9.59 Å². The van der Waals surface area contributed by atoms with Crippen molar-refractivity contribution in [2.24, 2.45) is 5.92 Å². The summed E-state index contributed by atoms with van der Waals surface area (Å²) in [7, 11) is 1.65. The molecule has 4 fully saturated rings. The van der Waals surface area contributed by atoms with Crippen LogP contribution in [0.15, 0.2) is 11.6 Å². The summed E-state index contributed by atoms with van der Waals surface area (Å²) in [6.45, 7) is 12.1. The fourth-order valence-electron chi connectivity index (χ4n) is 5.42. The van der Waals surface area contributed by atoms with E-state index in [1.54, 1.807) is 16.9 Å². The number of likely N-dealkylation sites (tertiary alicyclic amines) is 1. The maximum atomic E-state index is 12.9. The number of morpholine rings is 1. The Morgan fingerprint density at radius 2 is 1.74 bits per heavy atom. The van der Waals surface area contributed by atoms with E-state index in [1.165, 1.54) is 5.57 Å². The first-order chi connectivity index (χ1) is 16.6. The third kappa shape index (κ3) is 5.93. The average Bonchev–Trinajstić information content (AvgIpc) is 3.56. The van der Waals surface area contributed by atoms with E-state index in [0.717, 1.165) is 6.42 Å². The van der Waals surface area contributed by atoms with Crippen molar-refractivity contribution in [2.45, 2.75) is 70.1 Å². The smallest absolute Gasteiger partial charge is 0.410 e. The first kappa shape index (κ1) is 26.2. The molecule has 1 spiro atoms. The van der Waals surface area contributed by atoms with Crippen molar-refractivity contribution in [3.63, 3.8) is 0 Å². The number of rotatable bonds is 7. The van der Waals surface area contributed by atoms with E-state index in [4.69, 9.17) is 28.4 Å². The van der Waals surface area contributed by atoms with Gasteiger partial charge in [0.1, 0.15) is 18.3 Å². The average molecular weight is 497 g/mol. The van der Waals surface area contributed by atoms with Gasteiger partial charge in [-0.3, -0.25) is 0 Å². The van der Waals surface area contributed by atoms with Crippen molar-refractivity contribution in [1.29, 1.82) is 0 Å². The minimum atomic E-state index is -0.538. The van der Waals surface area contributed by atoms with Crippen LogP contribution in [0.5, 0.6) is 0 Å². The lowest BCUT2D eigenvalue weighted by Crippen LogP contribution is -2.61. The van der Waals surface area contributed by atoms with E-state index in [2.05, 4.69) is 19.9 Å². The molecule has 0 radical (unpaired) electrons. The summed E-state index contributed by atoms with van der Waals surface area (Å²) in [5, 5.41) is 0. The normalized spacial score (nSPS) is 31.1. The number of epoxide rings is 1. The second-order valence-electron chi connectivity index (χ2n) is 10.7. The summed E-state index contributed by atoms with van der Waals surface area (Å²) in [6.07, 6.45) is 1.65. The van der Waals surface area contributed by atoms with Crippen LogP contribution in [0.1, 0.15) is 40.5 Å². The molecule has 2 amide bonds. The zero-order chi connectivity index (χ0) is 25.2. The molecule has 0 unspecified atom stereocenters. The number of carbonyl (C=O) groups is 2. The summed E-state index contributed by atoms with van der Waals surface area (Å²) < 4.78 is 34.8. The molecule has 0 bridgehead atoms. The molecule has 4 atom stereocenters. The van der Waals surface area contributed by atoms with Crippen molar-refractivity contribution < 1.29 is 38.0 Å². The van der Waals surface area contributed by atoms with E-state index in [0.29, 0.717) is 59.0 Å². The molecule has 0 aromatic carbocycles. The van der Waals surface area contributed by atoms with Crippen LogP contribution in [-0.4, -0.2) is 111 Å². The Hall–Kier alpha value is -1.88. The Balaban J connectivity index is 1.31. The highest BCUT2D eigenvalue weighted by molar-refractivity contribution is 5.71. The summed E-state index contributed by atoms with van der Waals surface area (Å²) >= 11 is 0. The van der Waals surface area contributed by atoms with Crippen molar-refractivity contribution in [2.75, 3.05) is 59.7 Å². The van der Waals surface area contributed by atoms with E-state index in [1.807, 2.05) is 13.8 Å². The molecule has 1 saturated carbocycles. The molecule has 198 valence electrons. The predicted octanol–water partition coefficient (Wildman–Crippen LogP) is 2.60. The molecule has 0 aromatic rings. The number of methoxy groups -OCH3 is 1. The van der Waals surface area contributed by atoms with Crippen molar-refractivity contribution in [3.8, 4) is 0 Å². The highest BCUT2D eigenvalue weighted by Crippen LogP contribution is 2.52. The number of nitrogens with zero attached hydrogens (tertiary/aromatic N) is 2. The third-order valence-corrected chi connectivity index (χ3v) is 7.49. The van der Waals surface area contributed by atoms with Gasteiger partial charge in [-0.15, -0.1) is 0 Å². The molecule has 3 saturated heterocycles. The molecule has 10 nitrogen and oxygen atoms in total. The predicted molar refractivity (Wildman–Crippen MR) is 126 cm³/mol. The number of ether oxygens (including phenoxy) is 6. The summed E-state index contributed by atoms with van der Waals surface area (Å²) in [6, 6.07) is 0. The lowest BCUT2D eigenvalue weighted by atomic mass is 9.68. The number of hydrogen-bond acceptors (Lipinski definition) is 8. The molecular weight excluding hydrogens is 456 g/mol. The van der Waals surface area contributed by atoms with Gasteiger partial charge in [-0.1, -0.05) is 11.6 Å². The molecule has 10 heteroatoms. The molecule has 0 N–H and O–H groups in total. The van der Waals surface area contributed by atoms with Gasteiger partial charge in [0.2, 0.25) is 0 Å². The van der Waals surface area contributed by atoms with Gasteiger partial charge in [0.15, 0.2) is 0 Å². The fourth-order valence-corrected chi connectivity index (χ4v) is 5.42. The summed E-state index contributed by atoms with van der Waals surface area (Å²) in [4.78, 5) is 28.3. The van der Waals surface area contributed by atoms with Gasteiger partial charge in [-0.2, -0.15) is 0 Å². The van der Waals surface area contributed by atoms with Gasteiger partial charge in [0.05, 0.1) is 50.7 Å². The van der Waals surface area contributed by atoms with Gasteiger partial charge in [0.25, 0.3) is 0 Å². The minimum absolute atomic E-state index is 0.0873. The highest BCUT2D eigenvalue weighted by Gasteiger charge is 2.64. The van der Waals surface area contributed by atoms with Gasteiger partial charge in [0, 0.05) is 26.1 Å². The topological polar surface area (TPSA) is 99.3 Å². The molecule has 35 heavy (non-hydrogen) atoms. The van der Waals surface area contributed by atoms with Crippen molar-refractivity contribution >= 4 is 12.2 Å². The maximum absolute atomic E-state index is 12.9. The lowest BCUT2D eigenvalue weighted by molar-refractivity contribution is -0.175. The Kier molecular flexibility index (Phi) is 7.95. The third-order valence-electron chi connectivity index (χ3n) is 7.49. The van der Waals surface area contributed by atoms with Gasteiger partial charge in [-0.25, -0.2) is 9.59 Å². The molecule has 3 aliphatic heterocycles. The van der Waals surface area contributed by atoms with Crippen LogP contribution in [0.3, 0.4) is 0 Å². The van der Waals surface area contributed by atoms with Crippen LogP contribution in [0, 0.1) is 5.92 Å². The standard InChI is InChI=1S/C25H40N2O8/c1-17(2)7-11-32-24(3,4)21-20(30-5)19(6-8-25(21)16-33-25)35-23(29)27-14-18(15-27)34-22(28)26-9-12-31-13-10-26/h7,18-21H,6,8-16H2,1-5H3/t19-,20-,21-,25+/m1/s1. The Bertz CT molecular complexity index is 795. The first-order valence-corrected chi connectivity index (χ1v) is 12.6. The number of carbonyl (C=O) groups excluding carboxylic acids is 2. The van der Waals surface area contributed by atoms with Gasteiger partial charge in [-0.05, 0) is 40.5 Å². The highest BCUT2D eigenvalue weighted by atomic mass is 16.6. The second kappa shape index (κ2) is 10.6. The van der Waals surface area contributed by atoms with E-state index >= 15 is 0 Å². The zero-order valence-corrected chi connectivity index (χ0v) is 21.6. The Morgan fingerprint density at radius 3 is 2.34 bits per heavy atom. The van der Waals surface area contributed by atoms with Gasteiger partial charge >= 0.3 is 12.2 Å². The van der Waals surface area contributed by atoms with E-state index < -0.39 is 17.8 Å². The lowest BCUT2D eigenvalue weighted by Gasteiger charge is -2.48. The van der Waals surface area contributed by atoms with Gasteiger partial charge < -0.3 is 38.2 Å². The molecule has 0 aromatic heterocycles. The van der Waals surface area contributed by atoms with Crippen LogP contribution >= 0.6 is 0 Å². The van der Waals surface area contributed by atoms with Crippen LogP contribution in [0.25, 0.3) is 0 Å².